The molecule has 0 saturated carbocycles. The highest BCUT2D eigenvalue weighted by atomic mass is 19.1. The first-order chi connectivity index (χ1) is 9.15. The van der Waals surface area contributed by atoms with Gasteiger partial charge >= 0.3 is 0 Å². The molecule has 0 aliphatic heterocycles. The highest BCUT2D eigenvalue weighted by Crippen LogP contribution is 2.32. The Bertz CT molecular complexity index is 603. The molecule has 0 spiro atoms. The van der Waals surface area contributed by atoms with Crippen molar-refractivity contribution in [2.45, 2.75) is 32.2 Å². The summed E-state index contributed by atoms with van der Waals surface area (Å²) in [7, 11) is 1.98. The zero-order valence-electron chi connectivity index (χ0n) is 11.3. The van der Waals surface area contributed by atoms with Crippen LogP contribution < -0.4 is 5.32 Å². The largest absolute Gasteiger partial charge is 0.378 e. The normalized spacial score (nSPS) is 18.2. The van der Waals surface area contributed by atoms with Gasteiger partial charge in [-0.25, -0.2) is 4.39 Å². The van der Waals surface area contributed by atoms with Gasteiger partial charge in [0.2, 0.25) is 0 Å². The summed E-state index contributed by atoms with van der Waals surface area (Å²) in [6.45, 7) is 1.78. The third kappa shape index (κ3) is 2.23. The summed E-state index contributed by atoms with van der Waals surface area (Å²) < 4.78 is 15.5. The molecular weight excluding hydrogens is 241 g/mol. The first kappa shape index (κ1) is 12.2. The fourth-order valence-corrected chi connectivity index (χ4v) is 2.74. The van der Waals surface area contributed by atoms with E-state index in [0.29, 0.717) is 5.56 Å². The molecule has 4 heteroatoms. The van der Waals surface area contributed by atoms with E-state index in [1.54, 1.807) is 13.0 Å². The molecule has 1 N–H and O–H groups in total. The Balaban J connectivity index is 1.86. The second kappa shape index (κ2) is 4.68. The fraction of sp³-hybridized carbons (Fsp3) is 0.400. The Morgan fingerprint density at radius 1 is 1.42 bits per heavy atom. The van der Waals surface area contributed by atoms with E-state index in [4.69, 9.17) is 0 Å². The number of nitrogens with zero attached hydrogens (tertiary/aromatic N) is 2. The van der Waals surface area contributed by atoms with Gasteiger partial charge in [-0.2, -0.15) is 5.10 Å². The minimum absolute atomic E-state index is 0.160. The van der Waals surface area contributed by atoms with Gasteiger partial charge in [0.1, 0.15) is 5.82 Å². The molecule has 0 radical (unpaired) electrons. The van der Waals surface area contributed by atoms with E-state index >= 15 is 0 Å². The van der Waals surface area contributed by atoms with Crippen molar-refractivity contribution in [3.8, 4) is 0 Å². The van der Waals surface area contributed by atoms with Crippen molar-refractivity contribution >= 4 is 5.69 Å². The van der Waals surface area contributed by atoms with Gasteiger partial charge in [0.25, 0.3) is 0 Å². The van der Waals surface area contributed by atoms with Gasteiger partial charge in [0.05, 0.1) is 12.2 Å². The number of benzene rings is 1. The molecule has 2 aromatic rings. The summed E-state index contributed by atoms with van der Waals surface area (Å²) >= 11 is 0. The maximum absolute atomic E-state index is 13.6. The Labute approximate surface area is 112 Å². The lowest BCUT2D eigenvalue weighted by molar-refractivity contribution is 0.570. The highest BCUT2D eigenvalue weighted by molar-refractivity contribution is 5.48. The molecule has 0 amide bonds. The zero-order valence-corrected chi connectivity index (χ0v) is 11.3. The van der Waals surface area contributed by atoms with Crippen LogP contribution in [-0.2, 0) is 13.5 Å². The number of anilines is 1. The summed E-state index contributed by atoms with van der Waals surface area (Å²) in [5, 5.41) is 7.75. The Hall–Kier alpha value is -1.84. The molecule has 0 fully saturated rings. The molecule has 1 atom stereocenters. The van der Waals surface area contributed by atoms with Crippen LogP contribution in [0.3, 0.4) is 0 Å². The molecule has 1 aromatic heterocycles. The summed E-state index contributed by atoms with van der Waals surface area (Å²) in [4.78, 5) is 0. The molecule has 1 unspecified atom stereocenters. The topological polar surface area (TPSA) is 29.9 Å². The van der Waals surface area contributed by atoms with E-state index in [-0.39, 0.29) is 11.9 Å². The predicted octanol–water partition coefficient (Wildman–Crippen LogP) is 3.36. The molecule has 19 heavy (non-hydrogen) atoms. The number of rotatable bonds is 2. The molecule has 1 aliphatic rings. The van der Waals surface area contributed by atoms with Gasteiger partial charge in [0, 0.05) is 24.0 Å². The van der Waals surface area contributed by atoms with Crippen molar-refractivity contribution in [1.29, 1.82) is 0 Å². The van der Waals surface area contributed by atoms with Crippen LogP contribution >= 0.6 is 0 Å². The third-order valence-corrected chi connectivity index (χ3v) is 3.89. The molecule has 3 nitrogen and oxygen atoms in total. The summed E-state index contributed by atoms with van der Waals surface area (Å²) in [6.07, 6.45) is 5.20. The van der Waals surface area contributed by atoms with E-state index < -0.39 is 0 Å². The number of aryl methyl sites for hydroxylation is 2. The smallest absolute Gasteiger partial charge is 0.128 e. The van der Waals surface area contributed by atoms with Gasteiger partial charge < -0.3 is 5.32 Å². The number of nitrogens with one attached hydrogen (secondary N) is 1. The van der Waals surface area contributed by atoms with Crippen molar-refractivity contribution in [1.82, 2.24) is 9.78 Å². The molecule has 100 valence electrons. The summed E-state index contributed by atoms with van der Waals surface area (Å²) in [5.41, 5.74) is 4.05. The number of aromatic nitrogens is 2. The maximum atomic E-state index is 13.6. The average Bonchev–Trinajstić information content (AvgIpc) is 2.77. The lowest BCUT2D eigenvalue weighted by Gasteiger charge is -2.24. The lowest BCUT2D eigenvalue weighted by Crippen LogP contribution is -2.17. The van der Waals surface area contributed by atoms with Crippen molar-refractivity contribution in [2.75, 3.05) is 5.32 Å². The standard InChI is InChI=1S/C15H18FN3/c1-10-6-7-11(8-13(10)16)18-14-4-3-5-15-12(14)9-17-19(15)2/h6-9,14,18H,3-5H2,1-2H3. The van der Waals surface area contributed by atoms with Gasteiger partial charge in [-0.1, -0.05) is 6.07 Å². The van der Waals surface area contributed by atoms with Crippen LogP contribution in [-0.4, -0.2) is 9.78 Å². The SMILES string of the molecule is Cc1ccc(NC2CCCc3c2cnn3C)cc1F. The Morgan fingerprint density at radius 3 is 3.05 bits per heavy atom. The zero-order chi connectivity index (χ0) is 13.4. The Kier molecular flexibility index (Phi) is 3.01. The van der Waals surface area contributed by atoms with Crippen molar-refractivity contribution in [2.24, 2.45) is 7.05 Å². The Morgan fingerprint density at radius 2 is 2.26 bits per heavy atom. The third-order valence-electron chi connectivity index (χ3n) is 3.89. The number of hydrogen-bond acceptors (Lipinski definition) is 2. The van der Waals surface area contributed by atoms with Crippen LogP contribution in [0.15, 0.2) is 24.4 Å². The quantitative estimate of drug-likeness (QED) is 0.896. The van der Waals surface area contributed by atoms with Crippen LogP contribution in [0.1, 0.15) is 35.7 Å². The second-order valence-corrected chi connectivity index (χ2v) is 5.22. The van der Waals surface area contributed by atoms with Crippen molar-refractivity contribution in [3.05, 3.63) is 47.0 Å². The molecule has 1 heterocycles. The van der Waals surface area contributed by atoms with Crippen LogP contribution in [0.2, 0.25) is 0 Å². The van der Waals surface area contributed by atoms with E-state index in [2.05, 4.69) is 10.4 Å². The van der Waals surface area contributed by atoms with E-state index in [1.807, 2.05) is 30.1 Å². The first-order valence-electron chi connectivity index (χ1n) is 6.68. The molecular formula is C15H18FN3. The van der Waals surface area contributed by atoms with E-state index in [9.17, 15) is 4.39 Å². The minimum Gasteiger partial charge on any atom is -0.378 e. The summed E-state index contributed by atoms with van der Waals surface area (Å²) in [6, 6.07) is 5.55. The van der Waals surface area contributed by atoms with Gasteiger partial charge in [-0.15, -0.1) is 0 Å². The highest BCUT2D eigenvalue weighted by Gasteiger charge is 2.23. The van der Waals surface area contributed by atoms with Gasteiger partial charge in [-0.3, -0.25) is 4.68 Å². The predicted molar refractivity (Wildman–Crippen MR) is 73.6 cm³/mol. The van der Waals surface area contributed by atoms with Gasteiger partial charge in [0.15, 0.2) is 0 Å². The van der Waals surface area contributed by atoms with Crippen LogP contribution in [0.25, 0.3) is 0 Å². The number of halogens is 1. The lowest BCUT2D eigenvalue weighted by atomic mass is 9.93. The number of fused-ring (bicyclic) bond motifs is 1. The molecule has 1 aromatic carbocycles. The average molecular weight is 259 g/mol. The van der Waals surface area contributed by atoms with Gasteiger partial charge in [-0.05, 0) is 43.9 Å². The van der Waals surface area contributed by atoms with Crippen LogP contribution in [0.5, 0.6) is 0 Å². The maximum Gasteiger partial charge on any atom is 0.128 e. The molecule has 0 saturated heterocycles. The molecule has 1 aliphatic carbocycles. The molecule has 3 rings (SSSR count). The van der Waals surface area contributed by atoms with E-state index in [0.717, 1.165) is 24.9 Å². The first-order valence-corrected chi connectivity index (χ1v) is 6.68. The van der Waals surface area contributed by atoms with Crippen molar-refractivity contribution < 1.29 is 4.39 Å². The molecule has 0 bridgehead atoms. The second-order valence-electron chi connectivity index (χ2n) is 5.22. The fourth-order valence-electron chi connectivity index (χ4n) is 2.74. The minimum atomic E-state index is -0.160. The monoisotopic (exact) mass is 259 g/mol. The van der Waals surface area contributed by atoms with Crippen LogP contribution in [0, 0.1) is 12.7 Å². The van der Waals surface area contributed by atoms with E-state index in [1.165, 1.54) is 11.3 Å². The summed E-state index contributed by atoms with van der Waals surface area (Å²) in [5.74, 6) is -0.160. The number of hydrogen-bond donors (Lipinski definition) is 1. The van der Waals surface area contributed by atoms with Crippen LogP contribution in [0.4, 0.5) is 10.1 Å². The van der Waals surface area contributed by atoms with Crippen molar-refractivity contribution in [3.63, 3.8) is 0 Å².